The van der Waals surface area contributed by atoms with Crippen LogP contribution in [-0.2, 0) is 14.3 Å². The third-order valence-corrected chi connectivity index (χ3v) is 5.21. The van der Waals surface area contributed by atoms with Gasteiger partial charge in [-0.15, -0.1) is 6.58 Å². The number of hydrogen-bond donors (Lipinski definition) is 3. The van der Waals surface area contributed by atoms with E-state index in [9.17, 15) is 19.5 Å². The number of nitrogens with zero attached hydrogens (tertiary/aromatic N) is 1. The SMILES string of the molecule is C=CCN(C(=O)C(C)NC(=O)OC(C)(C)C)C(C(=O)Nc1ccccc1C)c1ccc(O)c(C)c1. The number of aryl methyl sites for hydroxylation is 2. The van der Waals surface area contributed by atoms with E-state index in [0.717, 1.165) is 5.56 Å². The highest BCUT2D eigenvalue weighted by molar-refractivity contribution is 5.99. The molecule has 2 aromatic rings. The highest BCUT2D eigenvalue weighted by atomic mass is 16.6. The third kappa shape index (κ3) is 7.60. The summed E-state index contributed by atoms with van der Waals surface area (Å²) in [6.45, 7) is 14.1. The maximum Gasteiger partial charge on any atom is 0.408 e. The van der Waals surface area contributed by atoms with E-state index < -0.39 is 35.6 Å². The minimum absolute atomic E-state index is 0.0466. The average molecular weight is 482 g/mol. The van der Waals surface area contributed by atoms with Crippen LogP contribution in [0.4, 0.5) is 10.5 Å². The van der Waals surface area contributed by atoms with Gasteiger partial charge < -0.3 is 25.4 Å². The number of rotatable bonds is 8. The Morgan fingerprint density at radius 1 is 1.11 bits per heavy atom. The summed E-state index contributed by atoms with van der Waals surface area (Å²) < 4.78 is 5.26. The number of phenolic OH excluding ortho intramolecular Hbond substituents is 1. The number of benzene rings is 2. The zero-order valence-corrected chi connectivity index (χ0v) is 21.2. The Kier molecular flexibility index (Phi) is 9.05. The molecular formula is C27H35N3O5. The van der Waals surface area contributed by atoms with E-state index in [4.69, 9.17) is 4.74 Å². The van der Waals surface area contributed by atoms with E-state index >= 15 is 0 Å². The van der Waals surface area contributed by atoms with Gasteiger partial charge in [0.1, 0.15) is 23.4 Å². The Hall–Kier alpha value is -3.81. The summed E-state index contributed by atoms with van der Waals surface area (Å²) in [5.74, 6) is -0.858. The zero-order valence-electron chi connectivity index (χ0n) is 21.2. The first-order valence-electron chi connectivity index (χ1n) is 11.4. The second-order valence-corrected chi connectivity index (χ2v) is 9.40. The van der Waals surface area contributed by atoms with Gasteiger partial charge >= 0.3 is 6.09 Å². The Balaban J connectivity index is 2.44. The fourth-order valence-corrected chi connectivity index (χ4v) is 3.49. The predicted molar refractivity (Wildman–Crippen MR) is 136 cm³/mol. The van der Waals surface area contributed by atoms with Crippen LogP contribution in [0.1, 0.15) is 50.4 Å². The van der Waals surface area contributed by atoms with Crippen molar-refractivity contribution in [1.82, 2.24) is 10.2 Å². The first kappa shape index (κ1) is 27.4. The molecule has 2 rings (SSSR count). The molecule has 2 unspecified atom stereocenters. The van der Waals surface area contributed by atoms with Crippen molar-refractivity contribution in [1.29, 1.82) is 0 Å². The fraction of sp³-hybridized carbons (Fsp3) is 0.370. The van der Waals surface area contributed by atoms with Crippen LogP contribution in [0.2, 0.25) is 0 Å². The molecule has 3 N–H and O–H groups in total. The smallest absolute Gasteiger partial charge is 0.408 e. The van der Waals surface area contributed by atoms with Gasteiger partial charge in [0, 0.05) is 12.2 Å². The predicted octanol–water partition coefficient (Wildman–Crippen LogP) is 4.62. The van der Waals surface area contributed by atoms with Crippen LogP contribution in [0.25, 0.3) is 0 Å². The molecule has 0 aliphatic heterocycles. The fourth-order valence-electron chi connectivity index (χ4n) is 3.49. The van der Waals surface area contributed by atoms with Crippen molar-refractivity contribution in [3.05, 3.63) is 71.8 Å². The van der Waals surface area contributed by atoms with Crippen LogP contribution in [0, 0.1) is 13.8 Å². The lowest BCUT2D eigenvalue weighted by molar-refractivity contribution is -0.139. The van der Waals surface area contributed by atoms with Crippen LogP contribution in [0.3, 0.4) is 0 Å². The van der Waals surface area contributed by atoms with Gasteiger partial charge in [0.15, 0.2) is 0 Å². The van der Waals surface area contributed by atoms with Crippen LogP contribution in [0.15, 0.2) is 55.1 Å². The van der Waals surface area contributed by atoms with Gasteiger partial charge in [0.25, 0.3) is 5.91 Å². The van der Waals surface area contributed by atoms with Gasteiger partial charge in [-0.25, -0.2) is 4.79 Å². The Morgan fingerprint density at radius 3 is 2.34 bits per heavy atom. The van der Waals surface area contributed by atoms with Gasteiger partial charge in [-0.05, 0) is 76.4 Å². The monoisotopic (exact) mass is 481 g/mol. The maximum atomic E-state index is 13.6. The van der Waals surface area contributed by atoms with Crippen molar-refractivity contribution in [2.24, 2.45) is 0 Å². The van der Waals surface area contributed by atoms with E-state index in [1.165, 1.54) is 24.0 Å². The molecule has 0 aliphatic rings. The van der Waals surface area contributed by atoms with E-state index in [1.807, 2.05) is 25.1 Å². The molecule has 2 atom stereocenters. The van der Waals surface area contributed by atoms with Crippen LogP contribution >= 0.6 is 0 Å². The highest BCUT2D eigenvalue weighted by Crippen LogP contribution is 2.28. The minimum atomic E-state index is -1.05. The number of alkyl carbamates (subject to hydrolysis) is 1. The molecule has 0 saturated carbocycles. The second kappa shape index (κ2) is 11.6. The second-order valence-electron chi connectivity index (χ2n) is 9.40. The molecule has 188 valence electrons. The third-order valence-electron chi connectivity index (χ3n) is 5.21. The molecular weight excluding hydrogens is 446 g/mol. The molecule has 2 aromatic carbocycles. The lowest BCUT2D eigenvalue weighted by atomic mass is 10.00. The molecule has 35 heavy (non-hydrogen) atoms. The molecule has 3 amide bonds. The molecule has 0 aromatic heterocycles. The normalized spacial score (nSPS) is 12.7. The molecule has 0 fully saturated rings. The van der Waals surface area contributed by atoms with E-state index in [0.29, 0.717) is 16.8 Å². The molecule has 8 nitrogen and oxygen atoms in total. The Labute approximate surface area is 207 Å². The summed E-state index contributed by atoms with van der Waals surface area (Å²) >= 11 is 0. The standard InChI is InChI=1S/C27H35N3O5/c1-8-15-30(25(33)19(4)28-26(34)35-27(5,6)7)23(20-13-14-22(31)18(3)16-20)24(32)29-21-12-10-9-11-17(21)2/h8-14,16,19,23,31H,1,15H2,2-7H3,(H,28,34)(H,29,32). The number of hydrogen-bond acceptors (Lipinski definition) is 5. The lowest BCUT2D eigenvalue weighted by Crippen LogP contribution is -2.51. The van der Waals surface area contributed by atoms with Crippen molar-refractivity contribution >= 4 is 23.6 Å². The molecule has 0 bridgehead atoms. The van der Waals surface area contributed by atoms with Gasteiger partial charge in [-0.1, -0.05) is 30.3 Å². The van der Waals surface area contributed by atoms with Gasteiger partial charge in [-0.2, -0.15) is 0 Å². The van der Waals surface area contributed by atoms with E-state index in [2.05, 4.69) is 17.2 Å². The molecule has 0 radical (unpaired) electrons. The Morgan fingerprint density at radius 2 is 1.77 bits per heavy atom. The Bertz CT molecular complexity index is 1090. The summed E-state index contributed by atoms with van der Waals surface area (Å²) in [5, 5.41) is 15.5. The number of ether oxygens (including phenoxy) is 1. The van der Waals surface area contributed by atoms with Crippen LogP contribution in [0.5, 0.6) is 5.75 Å². The van der Waals surface area contributed by atoms with Crippen molar-refractivity contribution in [3.8, 4) is 5.75 Å². The number of carbonyl (C=O) groups is 3. The van der Waals surface area contributed by atoms with Crippen LogP contribution < -0.4 is 10.6 Å². The quantitative estimate of drug-likeness (QED) is 0.477. The summed E-state index contributed by atoms with van der Waals surface area (Å²) in [4.78, 5) is 40.7. The summed E-state index contributed by atoms with van der Waals surface area (Å²) in [7, 11) is 0. The molecule has 0 spiro atoms. The maximum absolute atomic E-state index is 13.6. The van der Waals surface area contributed by atoms with Gasteiger partial charge in [0.05, 0.1) is 0 Å². The number of carbonyl (C=O) groups excluding carboxylic acids is 3. The number of amides is 3. The number of phenols is 1. The molecule has 0 aliphatic carbocycles. The molecule has 0 saturated heterocycles. The van der Waals surface area contributed by atoms with Gasteiger partial charge in [-0.3, -0.25) is 9.59 Å². The highest BCUT2D eigenvalue weighted by Gasteiger charge is 2.34. The first-order valence-corrected chi connectivity index (χ1v) is 11.4. The summed E-state index contributed by atoms with van der Waals surface area (Å²) in [6, 6.07) is 10.0. The number of nitrogens with one attached hydrogen (secondary N) is 2. The molecule has 0 heterocycles. The van der Waals surface area contributed by atoms with Crippen LogP contribution in [-0.4, -0.2) is 46.1 Å². The van der Waals surface area contributed by atoms with Crippen molar-refractivity contribution in [3.63, 3.8) is 0 Å². The molecule has 8 heteroatoms. The van der Waals surface area contributed by atoms with Crippen molar-refractivity contribution < 1.29 is 24.2 Å². The van der Waals surface area contributed by atoms with Crippen molar-refractivity contribution in [2.75, 3.05) is 11.9 Å². The van der Waals surface area contributed by atoms with E-state index in [1.54, 1.807) is 45.9 Å². The topological polar surface area (TPSA) is 108 Å². The first-order chi connectivity index (χ1) is 16.3. The number of aromatic hydroxyl groups is 1. The largest absolute Gasteiger partial charge is 0.508 e. The van der Waals surface area contributed by atoms with Crippen molar-refractivity contribution in [2.45, 2.75) is 59.2 Å². The van der Waals surface area contributed by atoms with Gasteiger partial charge in [0.2, 0.25) is 5.91 Å². The lowest BCUT2D eigenvalue weighted by Gasteiger charge is -2.33. The average Bonchev–Trinajstić information content (AvgIpc) is 2.75. The summed E-state index contributed by atoms with van der Waals surface area (Å²) in [6.07, 6.45) is 0.776. The summed E-state index contributed by atoms with van der Waals surface area (Å²) in [5.41, 5.74) is 1.81. The number of para-hydroxylation sites is 1. The zero-order chi connectivity index (χ0) is 26.3. The number of anilines is 1. The minimum Gasteiger partial charge on any atom is -0.508 e. The van der Waals surface area contributed by atoms with E-state index in [-0.39, 0.29) is 12.3 Å².